The van der Waals surface area contributed by atoms with Crippen molar-refractivity contribution in [1.29, 1.82) is 0 Å². The molecular weight excluding hydrogens is 276 g/mol. The Kier molecular flexibility index (Phi) is 4.78. The van der Waals surface area contributed by atoms with Crippen LogP contribution in [0.3, 0.4) is 0 Å². The van der Waals surface area contributed by atoms with Gasteiger partial charge in [-0.05, 0) is 44.9 Å². The number of nitrogens with one attached hydrogen (secondary N) is 1. The highest BCUT2D eigenvalue weighted by atomic mass is 16.3. The molecule has 2 aromatic rings. The van der Waals surface area contributed by atoms with Gasteiger partial charge in [-0.15, -0.1) is 0 Å². The zero-order chi connectivity index (χ0) is 15.4. The Hall–Kier alpha value is -1.81. The minimum absolute atomic E-state index is 0.122. The third-order valence-corrected chi connectivity index (χ3v) is 4.50. The number of fused-ring (bicyclic) bond motifs is 1. The smallest absolute Gasteiger partial charge is 0.287 e. The van der Waals surface area contributed by atoms with E-state index in [2.05, 4.69) is 17.1 Å². The second-order valence-corrected chi connectivity index (χ2v) is 6.14. The molecule has 0 unspecified atom stereocenters. The number of hydrogen-bond donors (Lipinski definition) is 1. The summed E-state index contributed by atoms with van der Waals surface area (Å²) in [6.07, 6.45) is 4.93. The van der Waals surface area contributed by atoms with Gasteiger partial charge in [0.1, 0.15) is 5.58 Å². The SMILES string of the molecule is C[C@@H]1CCCCN1CCCNC(=O)c1cc2ccccc2o1. The quantitative estimate of drug-likeness (QED) is 0.861. The summed E-state index contributed by atoms with van der Waals surface area (Å²) in [4.78, 5) is 14.6. The van der Waals surface area contributed by atoms with E-state index in [0.29, 0.717) is 18.3 Å². The largest absolute Gasteiger partial charge is 0.451 e. The lowest BCUT2D eigenvalue weighted by molar-refractivity contribution is 0.0923. The van der Waals surface area contributed by atoms with Crippen LogP contribution in [-0.2, 0) is 0 Å². The van der Waals surface area contributed by atoms with Gasteiger partial charge in [0, 0.05) is 24.5 Å². The molecule has 1 aliphatic heterocycles. The minimum atomic E-state index is -0.122. The summed E-state index contributed by atoms with van der Waals surface area (Å²) in [7, 11) is 0. The molecule has 118 valence electrons. The van der Waals surface area contributed by atoms with Crippen LogP contribution < -0.4 is 5.32 Å². The van der Waals surface area contributed by atoms with Gasteiger partial charge >= 0.3 is 0 Å². The predicted molar refractivity (Wildman–Crippen MR) is 88.1 cm³/mol. The van der Waals surface area contributed by atoms with Gasteiger partial charge in [-0.25, -0.2) is 0 Å². The highest BCUT2D eigenvalue weighted by molar-refractivity contribution is 5.95. The van der Waals surface area contributed by atoms with Gasteiger partial charge in [0.25, 0.3) is 5.91 Å². The van der Waals surface area contributed by atoms with Crippen molar-refractivity contribution < 1.29 is 9.21 Å². The molecule has 0 bridgehead atoms. The number of amides is 1. The van der Waals surface area contributed by atoms with Crippen molar-refractivity contribution in [3.05, 3.63) is 36.1 Å². The molecule has 0 aliphatic carbocycles. The van der Waals surface area contributed by atoms with Crippen molar-refractivity contribution in [2.45, 2.75) is 38.6 Å². The van der Waals surface area contributed by atoms with Crippen LogP contribution in [0.15, 0.2) is 34.7 Å². The summed E-state index contributed by atoms with van der Waals surface area (Å²) in [5, 5.41) is 3.92. The lowest BCUT2D eigenvalue weighted by Crippen LogP contribution is -2.39. The van der Waals surface area contributed by atoms with Crippen LogP contribution in [0.4, 0.5) is 0 Å². The molecular formula is C18H24N2O2. The topological polar surface area (TPSA) is 45.5 Å². The molecule has 4 nitrogen and oxygen atoms in total. The van der Waals surface area contributed by atoms with Crippen LogP contribution in [0, 0.1) is 0 Å². The second-order valence-electron chi connectivity index (χ2n) is 6.14. The van der Waals surface area contributed by atoms with E-state index >= 15 is 0 Å². The van der Waals surface area contributed by atoms with E-state index in [1.165, 1.54) is 25.8 Å². The van der Waals surface area contributed by atoms with Crippen molar-refractivity contribution in [1.82, 2.24) is 10.2 Å². The van der Waals surface area contributed by atoms with E-state index in [9.17, 15) is 4.79 Å². The van der Waals surface area contributed by atoms with Crippen LogP contribution in [0.1, 0.15) is 43.2 Å². The molecule has 1 saturated heterocycles. The molecule has 1 atom stereocenters. The first kappa shape index (κ1) is 15.1. The number of hydrogen-bond acceptors (Lipinski definition) is 3. The molecule has 0 spiro atoms. The molecule has 0 radical (unpaired) electrons. The van der Waals surface area contributed by atoms with Crippen LogP contribution in [0.2, 0.25) is 0 Å². The summed E-state index contributed by atoms with van der Waals surface area (Å²) in [6, 6.07) is 10.2. The van der Waals surface area contributed by atoms with Crippen molar-refractivity contribution in [2.75, 3.05) is 19.6 Å². The van der Waals surface area contributed by atoms with Gasteiger partial charge in [0.15, 0.2) is 5.76 Å². The molecule has 1 aliphatic rings. The zero-order valence-corrected chi connectivity index (χ0v) is 13.2. The Balaban J connectivity index is 1.46. The molecule has 1 aromatic heterocycles. The number of piperidine rings is 1. The lowest BCUT2D eigenvalue weighted by atomic mass is 10.0. The van der Waals surface area contributed by atoms with Crippen molar-refractivity contribution in [2.24, 2.45) is 0 Å². The first-order valence-electron chi connectivity index (χ1n) is 8.25. The molecule has 4 heteroatoms. The summed E-state index contributed by atoms with van der Waals surface area (Å²) in [6.45, 7) is 5.24. The van der Waals surface area contributed by atoms with E-state index in [4.69, 9.17) is 4.42 Å². The summed E-state index contributed by atoms with van der Waals surface area (Å²) in [5.41, 5.74) is 0.759. The van der Waals surface area contributed by atoms with Crippen LogP contribution in [-0.4, -0.2) is 36.5 Å². The number of furan rings is 1. The van der Waals surface area contributed by atoms with Gasteiger partial charge in [-0.2, -0.15) is 0 Å². The van der Waals surface area contributed by atoms with Crippen LogP contribution in [0.5, 0.6) is 0 Å². The Bertz CT molecular complexity index is 602. The molecule has 1 aromatic carbocycles. The van der Waals surface area contributed by atoms with Gasteiger partial charge in [-0.1, -0.05) is 24.6 Å². The van der Waals surface area contributed by atoms with E-state index in [1.54, 1.807) is 6.07 Å². The van der Waals surface area contributed by atoms with Crippen LogP contribution in [0.25, 0.3) is 11.0 Å². The predicted octanol–water partition coefficient (Wildman–Crippen LogP) is 3.43. The second kappa shape index (κ2) is 6.97. The maximum absolute atomic E-state index is 12.1. The first-order valence-corrected chi connectivity index (χ1v) is 8.25. The highest BCUT2D eigenvalue weighted by Crippen LogP contribution is 2.19. The third kappa shape index (κ3) is 3.50. The molecule has 1 amide bonds. The summed E-state index contributed by atoms with van der Waals surface area (Å²) >= 11 is 0. The fraction of sp³-hybridized carbons (Fsp3) is 0.500. The minimum Gasteiger partial charge on any atom is -0.451 e. The van der Waals surface area contributed by atoms with Crippen molar-refractivity contribution in [3.63, 3.8) is 0 Å². The fourth-order valence-electron chi connectivity index (χ4n) is 3.15. The maximum Gasteiger partial charge on any atom is 0.287 e. The summed E-state index contributed by atoms with van der Waals surface area (Å²) < 4.78 is 5.57. The number of para-hydroxylation sites is 1. The third-order valence-electron chi connectivity index (χ3n) is 4.50. The number of carbonyl (C=O) groups is 1. The van der Waals surface area contributed by atoms with Gasteiger partial charge in [-0.3, -0.25) is 4.79 Å². The number of likely N-dealkylation sites (tertiary alicyclic amines) is 1. The molecule has 1 fully saturated rings. The van der Waals surface area contributed by atoms with E-state index in [0.717, 1.165) is 23.9 Å². The zero-order valence-electron chi connectivity index (χ0n) is 13.2. The summed E-state index contributed by atoms with van der Waals surface area (Å²) in [5.74, 6) is 0.274. The van der Waals surface area contributed by atoms with Crippen molar-refractivity contribution in [3.8, 4) is 0 Å². The lowest BCUT2D eigenvalue weighted by Gasteiger charge is -2.33. The molecule has 2 heterocycles. The standard InChI is InChI=1S/C18H24N2O2/c1-14-7-4-5-11-20(14)12-6-10-19-18(21)17-13-15-8-2-3-9-16(15)22-17/h2-3,8-9,13-14H,4-7,10-12H2,1H3,(H,19,21)/t14-/m1/s1. The number of benzene rings is 1. The average Bonchev–Trinajstić information content (AvgIpc) is 2.97. The normalized spacial score (nSPS) is 19.4. The van der Waals surface area contributed by atoms with E-state index in [1.807, 2.05) is 24.3 Å². The van der Waals surface area contributed by atoms with E-state index < -0.39 is 0 Å². The number of carbonyl (C=O) groups excluding carboxylic acids is 1. The maximum atomic E-state index is 12.1. The monoisotopic (exact) mass is 300 g/mol. The molecule has 1 N–H and O–H groups in total. The fourth-order valence-corrected chi connectivity index (χ4v) is 3.15. The Labute approximate surface area is 131 Å². The number of rotatable bonds is 5. The average molecular weight is 300 g/mol. The first-order chi connectivity index (χ1) is 10.7. The Morgan fingerprint density at radius 1 is 1.36 bits per heavy atom. The van der Waals surface area contributed by atoms with E-state index in [-0.39, 0.29) is 5.91 Å². The Morgan fingerprint density at radius 2 is 2.23 bits per heavy atom. The molecule has 22 heavy (non-hydrogen) atoms. The molecule has 0 saturated carbocycles. The van der Waals surface area contributed by atoms with Crippen LogP contribution >= 0.6 is 0 Å². The highest BCUT2D eigenvalue weighted by Gasteiger charge is 2.17. The number of nitrogens with zero attached hydrogens (tertiary/aromatic N) is 1. The Morgan fingerprint density at radius 3 is 3.05 bits per heavy atom. The van der Waals surface area contributed by atoms with Gasteiger partial charge in [0.2, 0.25) is 0 Å². The van der Waals surface area contributed by atoms with Crippen molar-refractivity contribution >= 4 is 16.9 Å². The van der Waals surface area contributed by atoms with Gasteiger partial charge in [0.05, 0.1) is 0 Å². The molecule has 3 rings (SSSR count). The van der Waals surface area contributed by atoms with Gasteiger partial charge < -0.3 is 14.6 Å².